The third kappa shape index (κ3) is 2.09. The van der Waals surface area contributed by atoms with Gasteiger partial charge in [0.2, 0.25) is 0 Å². The second-order valence-electron chi connectivity index (χ2n) is 4.94. The van der Waals surface area contributed by atoms with Crippen molar-refractivity contribution in [2.24, 2.45) is 0 Å². The Morgan fingerprint density at radius 1 is 1.10 bits per heavy atom. The van der Waals surface area contributed by atoms with E-state index >= 15 is 0 Å². The minimum absolute atomic E-state index is 0.663. The number of hydrogen-bond acceptors (Lipinski definition) is 4. The molecule has 0 atom stereocenters. The molecule has 0 unspecified atom stereocenters. The summed E-state index contributed by atoms with van der Waals surface area (Å²) in [5, 5.41) is 9.24. The van der Waals surface area contributed by atoms with Crippen molar-refractivity contribution in [1.82, 2.24) is 19.6 Å². The Kier molecular flexibility index (Phi) is 3.50. The van der Waals surface area contributed by atoms with Crippen molar-refractivity contribution in [1.29, 1.82) is 0 Å². The maximum absolute atomic E-state index is 4.72. The summed E-state index contributed by atoms with van der Waals surface area (Å²) in [7, 11) is 0. The van der Waals surface area contributed by atoms with Gasteiger partial charge in [-0.25, -0.2) is 0 Å². The van der Waals surface area contributed by atoms with E-state index in [0.29, 0.717) is 5.78 Å². The first kappa shape index (κ1) is 12.8. The third-order valence-corrected chi connectivity index (χ3v) is 3.43. The van der Waals surface area contributed by atoms with Gasteiger partial charge in [0.1, 0.15) is 12.1 Å². The maximum atomic E-state index is 4.72. The predicted molar refractivity (Wildman–Crippen MR) is 81.1 cm³/mol. The van der Waals surface area contributed by atoms with Crippen LogP contribution in [0.5, 0.6) is 0 Å². The van der Waals surface area contributed by atoms with Crippen LogP contribution in [0.25, 0.3) is 16.7 Å². The van der Waals surface area contributed by atoms with Crippen LogP contribution < -0.4 is 4.90 Å². The fraction of sp³-hybridized carbons (Fsp3) is 0.400. The van der Waals surface area contributed by atoms with Crippen molar-refractivity contribution < 1.29 is 0 Å². The second-order valence-corrected chi connectivity index (χ2v) is 4.94. The highest BCUT2D eigenvalue weighted by Crippen LogP contribution is 2.25. The SMILES string of the molecule is CCCN(CCC)c1nc2nncn2c2ccccc12. The fourth-order valence-electron chi connectivity index (χ4n) is 2.61. The maximum Gasteiger partial charge on any atom is 0.257 e. The molecule has 5 nitrogen and oxygen atoms in total. The lowest BCUT2D eigenvalue weighted by molar-refractivity contribution is 0.737. The van der Waals surface area contributed by atoms with Crippen LogP contribution >= 0.6 is 0 Å². The lowest BCUT2D eigenvalue weighted by Crippen LogP contribution is -2.26. The number of rotatable bonds is 5. The first-order valence-corrected chi connectivity index (χ1v) is 7.18. The molecule has 0 saturated heterocycles. The highest BCUT2D eigenvalue weighted by molar-refractivity contribution is 5.91. The number of benzene rings is 1. The number of anilines is 1. The Bertz CT molecular complexity index is 712. The van der Waals surface area contributed by atoms with Crippen molar-refractivity contribution in [3.8, 4) is 0 Å². The van der Waals surface area contributed by atoms with E-state index in [2.05, 4.69) is 47.1 Å². The van der Waals surface area contributed by atoms with Crippen molar-refractivity contribution in [2.45, 2.75) is 26.7 Å². The Morgan fingerprint density at radius 2 is 1.85 bits per heavy atom. The van der Waals surface area contributed by atoms with Gasteiger partial charge in [0.15, 0.2) is 0 Å². The van der Waals surface area contributed by atoms with Gasteiger partial charge >= 0.3 is 0 Å². The molecule has 2 aromatic heterocycles. The van der Waals surface area contributed by atoms with Gasteiger partial charge in [-0.1, -0.05) is 26.0 Å². The van der Waals surface area contributed by atoms with E-state index in [1.165, 1.54) is 0 Å². The summed E-state index contributed by atoms with van der Waals surface area (Å²) in [5.74, 6) is 1.68. The van der Waals surface area contributed by atoms with Gasteiger partial charge in [-0.15, -0.1) is 10.2 Å². The van der Waals surface area contributed by atoms with Crippen LogP contribution in [0, 0.1) is 0 Å². The van der Waals surface area contributed by atoms with Gasteiger partial charge < -0.3 is 4.90 Å². The predicted octanol–water partition coefficient (Wildman–Crippen LogP) is 2.90. The molecule has 0 aliphatic rings. The molecule has 0 N–H and O–H groups in total. The van der Waals surface area contributed by atoms with Gasteiger partial charge in [-0.3, -0.25) is 4.40 Å². The van der Waals surface area contributed by atoms with Gasteiger partial charge in [0.25, 0.3) is 5.78 Å². The van der Waals surface area contributed by atoms with Gasteiger partial charge in [0, 0.05) is 18.5 Å². The highest BCUT2D eigenvalue weighted by Gasteiger charge is 2.14. The van der Waals surface area contributed by atoms with E-state index in [-0.39, 0.29) is 0 Å². The lowest BCUT2D eigenvalue weighted by Gasteiger charge is -2.24. The summed E-state index contributed by atoms with van der Waals surface area (Å²) in [6, 6.07) is 8.30. The van der Waals surface area contributed by atoms with Crippen LogP contribution in [0.4, 0.5) is 5.82 Å². The Hall–Kier alpha value is -2.17. The highest BCUT2D eigenvalue weighted by atomic mass is 15.3. The van der Waals surface area contributed by atoms with Crippen LogP contribution in [0.1, 0.15) is 26.7 Å². The normalized spacial score (nSPS) is 11.3. The first-order chi connectivity index (χ1) is 9.85. The third-order valence-electron chi connectivity index (χ3n) is 3.43. The van der Waals surface area contributed by atoms with E-state index in [9.17, 15) is 0 Å². The number of fused-ring (bicyclic) bond motifs is 3. The minimum Gasteiger partial charge on any atom is -0.356 e. The topological polar surface area (TPSA) is 46.3 Å². The van der Waals surface area contributed by atoms with E-state index in [1.807, 2.05) is 10.5 Å². The molecule has 0 bridgehead atoms. The van der Waals surface area contributed by atoms with Crippen molar-refractivity contribution >= 4 is 22.5 Å². The fourth-order valence-corrected chi connectivity index (χ4v) is 2.61. The van der Waals surface area contributed by atoms with Gasteiger partial charge in [-0.05, 0) is 25.0 Å². The zero-order valence-electron chi connectivity index (χ0n) is 12.0. The van der Waals surface area contributed by atoms with Crippen molar-refractivity contribution in [3.05, 3.63) is 30.6 Å². The number of nitrogens with zero attached hydrogens (tertiary/aromatic N) is 5. The van der Waals surface area contributed by atoms with E-state index < -0.39 is 0 Å². The molecule has 2 heterocycles. The summed E-state index contributed by atoms with van der Waals surface area (Å²) in [5.41, 5.74) is 1.11. The summed E-state index contributed by atoms with van der Waals surface area (Å²) < 4.78 is 1.94. The molecule has 0 spiro atoms. The number of aromatic nitrogens is 4. The number of hydrogen-bond donors (Lipinski definition) is 0. The van der Waals surface area contributed by atoms with Crippen molar-refractivity contribution in [2.75, 3.05) is 18.0 Å². The van der Waals surface area contributed by atoms with E-state index in [4.69, 9.17) is 4.98 Å². The van der Waals surface area contributed by atoms with Crippen LogP contribution in [0.2, 0.25) is 0 Å². The average Bonchev–Trinajstić information content (AvgIpc) is 2.95. The molecule has 1 aromatic carbocycles. The first-order valence-electron chi connectivity index (χ1n) is 7.18. The van der Waals surface area contributed by atoms with Crippen LogP contribution in [0.15, 0.2) is 30.6 Å². The molecule has 20 heavy (non-hydrogen) atoms. The molecule has 104 valence electrons. The summed E-state index contributed by atoms with van der Waals surface area (Å²) >= 11 is 0. The zero-order valence-corrected chi connectivity index (χ0v) is 12.0. The summed E-state index contributed by atoms with van der Waals surface area (Å²) in [6.07, 6.45) is 3.93. The molecule has 0 radical (unpaired) electrons. The Labute approximate surface area is 118 Å². The zero-order chi connectivity index (χ0) is 13.9. The molecular weight excluding hydrogens is 250 g/mol. The molecule has 0 amide bonds. The van der Waals surface area contributed by atoms with Crippen LogP contribution in [-0.2, 0) is 0 Å². The monoisotopic (exact) mass is 269 g/mol. The van der Waals surface area contributed by atoms with Gasteiger partial charge in [-0.2, -0.15) is 4.98 Å². The molecule has 3 rings (SSSR count). The van der Waals surface area contributed by atoms with Crippen LogP contribution in [-0.4, -0.2) is 32.7 Å². The average molecular weight is 269 g/mol. The largest absolute Gasteiger partial charge is 0.356 e. The second kappa shape index (κ2) is 5.45. The minimum atomic E-state index is 0.663. The molecular formula is C15H19N5. The molecule has 3 aromatic rings. The Balaban J connectivity index is 2.25. The van der Waals surface area contributed by atoms with Crippen LogP contribution in [0.3, 0.4) is 0 Å². The molecule has 0 fully saturated rings. The summed E-state index contributed by atoms with van der Waals surface area (Å²) in [6.45, 7) is 6.41. The molecule has 5 heteroatoms. The lowest BCUT2D eigenvalue weighted by atomic mass is 10.2. The molecule has 0 aliphatic heterocycles. The summed E-state index contributed by atoms with van der Waals surface area (Å²) in [4.78, 5) is 7.06. The molecule has 0 aliphatic carbocycles. The standard InChI is InChI=1S/C15H19N5/c1-3-9-19(10-4-2)14-12-7-5-6-8-13(12)20-11-16-18-15(20)17-14/h5-8,11H,3-4,9-10H2,1-2H3. The quantitative estimate of drug-likeness (QED) is 0.714. The number of para-hydroxylation sites is 1. The smallest absolute Gasteiger partial charge is 0.257 e. The Morgan fingerprint density at radius 3 is 2.60 bits per heavy atom. The molecule has 0 saturated carbocycles. The van der Waals surface area contributed by atoms with Gasteiger partial charge in [0.05, 0.1) is 5.52 Å². The van der Waals surface area contributed by atoms with Crippen molar-refractivity contribution in [3.63, 3.8) is 0 Å². The van der Waals surface area contributed by atoms with E-state index in [0.717, 1.165) is 42.7 Å². The van der Waals surface area contributed by atoms with E-state index in [1.54, 1.807) is 6.33 Å².